The van der Waals surface area contributed by atoms with Crippen molar-refractivity contribution in [3.63, 3.8) is 0 Å². The predicted octanol–water partition coefficient (Wildman–Crippen LogP) is 6.86. The number of carbonyl (C=O) groups is 1. The number of amides is 1. The lowest BCUT2D eigenvalue weighted by Gasteiger charge is -2.10. The number of thiazole rings is 1. The molecule has 3 aromatic carbocycles. The minimum absolute atomic E-state index is 0.171. The summed E-state index contributed by atoms with van der Waals surface area (Å²) < 4.78 is 27.3. The molecule has 5 aromatic rings. The average Bonchev–Trinajstić information content (AvgIpc) is 3.26. The number of hydrogen-bond acceptors (Lipinski definition) is 4. The number of para-hydroxylation sites is 1. The van der Waals surface area contributed by atoms with Crippen LogP contribution in [0.2, 0.25) is 0 Å². The van der Waals surface area contributed by atoms with E-state index in [2.05, 4.69) is 10.3 Å². The number of aryl methyl sites for hydroxylation is 1. The fraction of sp³-hybridized carbons (Fsp3) is 0.0385. The van der Waals surface area contributed by atoms with E-state index in [1.165, 1.54) is 23.5 Å². The first kappa shape index (κ1) is 20.9. The topological polar surface area (TPSA) is 54.9 Å². The number of pyridine rings is 1. The van der Waals surface area contributed by atoms with Crippen molar-refractivity contribution >= 4 is 33.3 Å². The molecule has 4 nitrogen and oxygen atoms in total. The Morgan fingerprint density at radius 1 is 0.909 bits per heavy atom. The normalized spacial score (nSPS) is 11.0. The fourth-order valence-electron chi connectivity index (χ4n) is 3.63. The van der Waals surface area contributed by atoms with Gasteiger partial charge in [-0.1, -0.05) is 42.0 Å². The number of anilines is 1. The highest BCUT2D eigenvalue weighted by molar-refractivity contribution is 7.14. The number of nitrogens with zero attached hydrogens (tertiary/aromatic N) is 2. The molecule has 0 saturated heterocycles. The van der Waals surface area contributed by atoms with Gasteiger partial charge in [-0.05, 0) is 37.3 Å². The Bertz CT molecular complexity index is 1510. The van der Waals surface area contributed by atoms with Gasteiger partial charge in [0.2, 0.25) is 0 Å². The Morgan fingerprint density at radius 3 is 2.58 bits per heavy atom. The Hall–Kier alpha value is -3.97. The van der Waals surface area contributed by atoms with Crippen LogP contribution in [0.1, 0.15) is 15.9 Å². The molecule has 0 bridgehead atoms. The lowest BCUT2D eigenvalue weighted by atomic mass is 10.0. The Labute approximate surface area is 192 Å². The SMILES string of the molecule is Cc1cccc(-c2cc(C(=O)Nc3nc(-c4ccc(F)cc4F)cs3)c3ccccc3n2)c1. The summed E-state index contributed by atoms with van der Waals surface area (Å²) in [6.45, 7) is 2.00. The van der Waals surface area contributed by atoms with Gasteiger partial charge in [-0.2, -0.15) is 0 Å². The third kappa shape index (κ3) is 4.23. The number of hydrogen-bond donors (Lipinski definition) is 1. The van der Waals surface area contributed by atoms with Gasteiger partial charge in [-0.25, -0.2) is 18.7 Å². The third-order valence-corrected chi connectivity index (χ3v) is 5.96. The van der Waals surface area contributed by atoms with Crippen LogP contribution in [0, 0.1) is 18.6 Å². The number of nitrogens with one attached hydrogen (secondary N) is 1. The summed E-state index contributed by atoms with van der Waals surface area (Å²) in [4.78, 5) is 22.3. The van der Waals surface area contributed by atoms with E-state index in [1.807, 2.05) is 55.5 Å². The first-order chi connectivity index (χ1) is 16.0. The molecule has 0 aliphatic rings. The minimum atomic E-state index is -0.707. The van der Waals surface area contributed by atoms with Crippen molar-refractivity contribution in [2.24, 2.45) is 0 Å². The van der Waals surface area contributed by atoms with Crippen molar-refractivity contribution in [2.45, 2.75) is 6.92 Å². The minimum Gasteiger partial charge on any atom is -0.298 e. The van der Waals surface area contributed by atoms with Crippen LogP contribution in [0.4, 0.5) is 13.9 Å². The molecular weight excluding hydrogens is 440 g/mol. The summed E-state index contributed by atoms with van der Waals surface area (Å²) in [5, 5.41) is 5.46. The molecule has 2 heterocycles. The van der Waals surface area contributed by atoms with Crippen molar-refractivity contribution in [3.8, 4) is 22.5 Å². The maximum absolute atomic E-state index is 14.1. The van der Waals surface area contributed by atoms with Crippen LogP contribution in [0.25, 0.3) is 33.4 Å². The highest BCUT2D eigenvalue weighted by atomic mass is 32.1. The molecule has 0 atom stereocenters. The summed E-state index contributed by atoms with van der Waals surface area (Å²) in [5.41, 5.74) is 4.36. The van der Waals surface area contributed by atoms with Crippen molar-refractivity contribution in [3.05, 3.63) is 101 Å². The number of fused-ring (bicyclic) bond motifs is 1. The molecule has 0 aliphatic heterocycles. The molecular formula is C26H17F2N3OS. The molecule has 0 aliphatic carbocycles. The second kappa shape index (κ2) is 8.52. The largest absolute Gasteiger partial charge is 0.298 e. The number of rotatable bonds is 4. The predicted molar refractivity (Wildman–Crippen MR) is 127 cm³/mol. The number of carbonyl (C=O) groups excluding carboxylic acids is 1. The van der Waals surface area contributed by atoms with Crippen LogP contribution in [0.5, 0.6) is 0 Å². The van der Waals surface area contributed by atoms with Gasteiger partial charge in [0.05, 0.1) is 22.5 Å². The smallest absolute Gasteiger partial charge is 0.258 e. The standard InChI is InChI=1S/C26H17F2N3OS/c1-15-5-4-6-16(11-15)23-13-20(18-7-2-3-8-22(18)29-23)25(32)31-26-30-24(14-33-26)19-10-9-17(27)12-21(19)28/h2-14H,1H3,(H,30,31,32). The van der Waals surface area contributed by atoms with E-state index in [0.717, 1.165) is 17.2 Å². The van der Waals surface area contributed by atoms with E-state index >= 15 is 0 Å². The maximum atomic E-state index is 14.1. The van der Waals surface area contributed by atoms with Gasteiger partial charge in [-0.15, -0.1) is 11.3 Å². The molecule has 162 valence electrons. The van der Waals surface area contributed by atoms with Gasteiger partial charge in [0.25, 0.3) is 5.91 Å². The fourth-order valence-corrected chi connectivity index (χ4v) is 4.34. The van der Waals surface area contributed by atoms with Crippen LogP contribution >= 0.6 is 11.3 Å². The van der Waals surface area contributed by atoms with Crippen LogP contribution in [-0.4, -0.2) is 15.9 Å². The molecule has 1 amide bonds. The summed E-state index contributed by atoms with van der Waals surface area (Å²) in [6, 6.07) is 20.4. The first-order valence-corrected chi connectivity index (χ1v) is 11.0. The van der Waals surface area contributed by atoms with Crippen molar-refractivity contribution < 1.29 is 13.6 Å². The van der Waals surface area contributed by atoms with E-state index < -0.39 is 11.6 Å². The van der Waals surface area contributed by atoms with Crippen LogP contribution < -0.4 is 5.32 Å². The number of halogens is 2. The molecule has 0 spiro atoms. The van der Waals surface area contributed by atoms with Gasteiger partial charge in [0.15, 0.2) is 5.13 Å². The maximum Gasteiger partial charge on any atom is 0.258 e. The molecule has 2 aromatic heterocycles. The van der Waals surface area contributed by atoms with Crippen LogP contribution in [0.3, 0.4) is 0 Å². The zero-order chi connectivity index (χ0) is 22.9. The van der Waals surface area contributed by atoms with Gasteiger partial charge < -0.3 is 0 Å². The lowest BCUT2D eigenvalue weighted by Crippen LogP contribution is -2.13. The lowest BCUT2D eigenvalue weighted by molar-refractivity contribution is 0.102. The second-order valence-electron chi connectivity index (χ2n) is 7.56. The van der Waals surface area contributed by atoms with Crippen LogP contribution in [-0.2, 0) is 0 Å². The van der Waals surface area contributed by atoms with E-state index in [0.29, 0.717) is 33.0 Å². The van der Waals surface area contributed by atoms with E-state index in [9.17, 15) is 13.6 Å². The second-order valence-corrected chi connectivity index (χ2v) is 8.42. The zero-order valence-corrected chi connectivity index (χ0v) is 18.3. The molecule has 0 fully saturated rings. The molecule has 0 radical (unpaired) electrons. The number of aromatic nitrogens is 2. The summed E-state index contributed by atoms with van der Waals surface area (Å²) in [7, 11) is 0. The first-order valence-electron chi connectivity index (χ1n) is 10.2. The summed E-state index contributed by atoms with van der Waals surface area (Å²) >= 11 is 1.17. The average molecular weight is 458 g/mol. The van der Waals surface area contributed by atoms with Gasteiger partial charge in [0.1, 0.15) is 11.6 Å². The van der Waals surface area contributed by atoms with E-state index in [-0.39, 0.29) is 11.5 Å². The quantitative estimate of drug-likeness (QED) is 0.321. The molecule has 7 heteroatoms. The van der Waals surface area contributed by atoms with Crippen molar-refractivity contribution in [2.75, 3.05) is 5.32 Å². The van der Waals surface area contributed by atoms with Crippen molar-refractivity contribution in [1.82, 2.24) is 9.97 Å². The molecule has 0 saturated carbocycles. The molecule has 5 rings (SSSR count). The number of benzene rings is 3. The van der Waals surface area contributed by atoms with E-state index in [1.54, 1.807) is 11.4 Å². The molecule has 0 unspecified atom stereocenters. The third-order valence-electron chi connectivity index (χ3n) is 5.21. The summed E-state index contributed by atoms with van der Waals surface area (Å²) in [6.07, 6.45) is 0. The molecule has 1 N–H and O–H groups in total. The molecule has 33 heavy (non-hydrogen) atoms. The van der Waals surface area contributed by atoms with Gasteiger partial charge >= 0.3 is 0 Å². The Morgan fingerprint density at radius 2 is 1.76 bits per heavy atom. The van der Waals surface area contributed by atoms with Crippen molar-refractivity contribution in [1.29, 1.82) is 0 Å². The Kier molecular flexibility index (Phi) is 5.40. The monoisotopic (exact) mass is 457 g/mol. The zero-order valence-electron chi connectivity index (χ0n) is 17.5. The van der Waals surface area contributed by atoms with Crippen LogP contribution in [0.15, 0.2) is 78.2 Å². The summed E-state index contributed by atoms with van der Waals surface area (Å²) in [5.74, 6) is -1.71. The van der Waals surface area contributed by atoms with Gasteiger partial charge in [0, 0.05) is 28.0 Å². The highest BCUT2D eigenvalue weighted by Crippen LogP contribution is 2.29. The Balaban J connectivity index is 1.50. The van der Waals surface area contributed by atoms with Gasteiger partial charge in [-0.3, -0.25) is 10.1 Å². The van der Waals surface area contributed by atoms with E-state index in [4.69, 9.17) is 4.98 Å². The highest BCUT2D eigenvalue weighted by Gasteiger charge is 2.17.